The lowest BCUT2D eigenvalue weighted by Gasteiger charge is -2.09. The van der Waals surface area contributed by atoms with Crippen LogP contribution in [0.2, 0.25) is 10.0 Å². The maximum absolute atomic E-state index is 12.1. The van der Waals surface area contributed by atoms with Gasteiger partial charge >= 0.3 is 5.51 Å². The first-order valence-electron chi connectivity index (χ1n) is 4.33. The van der Waals surface area contributed by atoms with Gasteiger partial charge in [0.2, 0.25) is 0 Å². The molecule has 0 radical (unpaired) electrons. The van der Waals surface area contributed by atoms with Crippen molar-refractivity contribution in [1.82, 2.24) is 0 Å². The minimum absolute atomic E-state index is 0.143. The Balaban J connectivity index is 3.27. The summed E-state index contributed by atoms with van der Waals surface area (Å²) in [5, 5.41) is -2.38. The number of halogens is 5. The molecule has 11 heteroatoms. The molecule has 0 aliphatic rings. The largest absolute Gasteiger partial charge is 0.498 e. The van der Waals surface area contributed by atoms with Crippen molar-refractivity contribution in [2.45, 2.75) is 10.4 Å². The van der Waals surface area contributed by atoms with Gasteiger partial charge in [-0.15, -0.1) is 0 Å². The lowest BCUT2D eigenvalue weighted by atomic mass is 10.4. The standard InChI is InChI=1S/C8H5Cl2F3O4S2/c9-5-1-6(10)3-7(2-5)18(14,15)4-19(16,17)8(11,12)13/h1-3H,4H2. The SMILES string of the molecule is O=S(=O)(CS(=O)(=O)C(F)(F)F)c1cc(Cl)cc(Cl)c1. The summed E-state index contributed by atoms with van der Waals surface area (Å²) >= 11 is 11.0. The summed E-state index contributed by atoms with van der Waals surface area (Å²) < 4.78 is 81.3. The number of sulfone groups is 2. The van der Waals surface area contributed by atoms with E-state index in [1.807, 2.05) is 0 Å². The molecule has 0 aromatic heterocycles. The first kappa shape index (κ1) is 16.5. The minimum Gasteiger partial charge on any atom is -0.223 e. The van der Waals surface area contributed by atoms with Crippen LogP contribution in [-0.4, -0.2) is 27.4 Å². The Hall–Kier alpha value is -0.510. The predicted molar refractivity (Wildman–Crippen MR) is 63.5 cm³/mol. The summed E-state index contributed by atoms with van der Waals surface area (Å²) in [6, 6.07) is 2.78. The van der Waals surface area contributed by atoms with E-state index in [-0.39, 0.29) is 10.0 Å². The van der Waals surface area contributed by atoms with Crippen molar-refractivity contribution in [2.75, 3.05) is 5.08 Å². The summed E-state index contributed by atoms with van der Waals surface area (Å²) in [4.78, 5) is -0.696. The molecule has 0 heterocycles. The summed E-state index contributed by atoms with van der Waals surface area (Å²) in [7, 11) is -10.5. The van der Waals surface area contributed by atoms with Gasteiger partial charge in [-0.25, -0.2) is 16.8 Å². The van der Waals surface area contributed by atoms with Crippen molar-refractivity contribution in [2.24, 2.45) is 0 Å². The molecule has 0 spiro atoms. The summed E-state index contributed by atoms with van der Waals surface area (Å²) in [5.41, 5.74) is -5.65. The van der Waals surface area contributed by atoms with E-state index in [2.05, 4.69) is 0 Å². The second-order valence-corrected chi connectivity index (χ2v) is 8.61. The third-order valence-electron chi connectivity index (χ3n) is 1.86. The molecule has 0 unspecified atom stereocenters. The molecule has 108 valence electrons. The van der Waals surface area contributed by atoms with Crippen molar-refractivity contribution in [3.05, 3.63) is 28.2 Å². The van der Waals surface area contributed by atoms with E-state index in [1.54, 1.807) is 0 Å². The highest BCUT2D eigenvalue weighted by Gasteiger charge is 2.48. The topological polar surface area (TPSA) is 68.3 Å². The molecule has 0 aliphatic carbocycles. The molecule has 0 fully saturated rings. The average Bonchev–Trinajstić information content (AvgIpc) is 2.12. The van der Waals surface area contributed by atoms with Gasteiger partial charge < -0.3 is 0 Å². The minimum atomic E-state index is -5.80. The zero-order valence-corrected chi connectivity index (χ0v) is 11.9. The fourth-order valence-electron chi connectivity index (χ4n) is 1.05. The first-order chi connectivity index (χ1) is 8.35. The second-order valence-electron chi connectivity index (χ2n) is 3.40. The monoisotopic (exact) mass is 356 g/mol. The van der Waals surface area contributed by atoms with Crippen LogP contribution in [0.1, 0.15) is 0 Å². The van der Waals surface area contributed by atoms with E-state index in [0.717, 1.165) is 18.2 Å². The Labute approximate surface area is 117 Å². The molecule has 0 aliphatic heterocycles. The zero-order chi connectivity index (χ0) is 15.1. The van der Waals surface area contributed by atoms with Crippen LogP contribution in [0.5, 0.6) is 0 Å². The predicted octanol–water partition coefficient (Wildman–Crippen LogP) is 2.66. The van der Waals surface area contributed by atoms with Gasteiger partial charge in [0.15, 0.2) is 14.9 Å². The lowest BCUT2D eigenvalue weighted by Crippen LogP contribution is -2.30. The van der Waals surface area contributed by atoms with Crippen LogP contribution in [0.3, 0.4) is 0 Å². The van der Waals surface area contributed by atoms with Gasteiger partial charge in [0.25, 0.3) is 9.84 Å². The van der Waals surface area contributed by atoms with Gasteiger partial charge in [-0.05, 0) is 18.2 Å². The highest BCUT2D eigenvalue weighted by molar-refractivity contribution is 8.08. The summed E-state index contributed by atoms with van der Waals surface area (Å²) in [5.74, 6) is 0. The number of hydrogen-bond acceptors (Lipinski definition) is 4. The van der Waals surface area contributed by atoms with Crippen LogP contribution in [-0.2, 0) is 19.7 Å². The van der Waals surface area contributed by atoms with E-state index < -0.39 is 35.2 Å². The van der Waals surface area contributed by atoms with Crippen LogP contribution in [0.15, 0.2) is 23.1 Å². The van der Waals surface area contributed by atoms with Gasteiger partial charge in [-0.2, -0.15) is 13.2 Å². The highest BCUT2D eigenvalue weighted by atomic mass is 35.5. The van der Waals surface area contributed by atoms with Gasteiger partial charge in [0, 0.05) is 10.0 Å². The third-order valence-corrected chi connectivity index (χ3v) is 6.44. The molecule has 0 atom stereocenters. The Morgan fingerprint density at radius 3 is 1.74 bits per heavy atom. The molecule has 1 aromatic rings. The number of rotatable bonds is 3. The molecular weight excluding hydrogens is 352 g/mol. The van der Waals surface area contributed by atoms with E-state index in [4.69, 9.17) is 23.2 Å². The number of hydrogen-bond donors (Lipinski definition) is 0. The van der Waals surface area contributed by atoms with Crippen molar-refractivity contribution in [3.8, 4) is 0 Å². The Kier molecular flexibility index (Phi) is 4.45. The molecule has 0 bridgehead atoms. The molecule has 19 heavy (non-hydrogen) atoms. The smallest absolute Gasteiger partial charge is 0.223 e. The third kappa shape index (κ3) is 3.98. The zero-order valence-electron chi connectivity index (χ0n) is 8.78. The molecule has 1 aromatic carbocycles. The van der Waals surface area contributed by atoms with Gasteiger partial charge in [-0.1, -0.05) is 23.2 Å². The van der Waals surface area contributed by atoms with Crippen molar-refractivity contribution >= 4 is 42.9 Å². The van der Waals surface area contributed by atoms with Crippen LogP contribution in [0.4, 0.5) is 13.2 Å². The van der Waals surface area contributed by atoms with E-state index in [9.17, 15) is 30.0 Å². The lowest BCUT2D eigenvalue weighted by molar-refractivity contribution is -0.0431. The van der Waals surface area contributed by atoms with E-state index in [0.29, 0.717) is 0 Å². The number of alkyl halides is 3. The van der Waals surface area contributed by atoms with Crippen molar-refractivity contribution < 1.29 is 30.0 Å². The van der Waals surface area contributed by atoms with Crippen LogP contribution in [0.25, 0.3) is 0 Å². The quantitative estimate of drug-likeness (QED) is 0.834. The average molecular weight is 357 g/mol. The van der Waals surface area contributed by atoms with Crippen molar-refractivity contribution in [1.29, 1.82) is 0 Å². The number of benzene rings is 1. The summed E-state index contributed by atoms with van der Waals surface area (Å²) in [6.07, 6.45) is 0. The molecule has 0 saturated heterocycles. The molecule has 1 rings (SSSR count). The Morgan fingerprint density at radius 2 is 1.37 bits per heavy atom. The molecule has 0 saturated carbocycles. The maximum atomic E-state index is 12.1. The van der Waals surface area contributed by atoms with Crippen LogP contribution >= 0.6 is 23.2 Å². The van der Waals surface area contributed by atoms with Gasteiger partial charge in [0.1, 0.15) is 0 Å². The molecule has 0 amide bonds. The van der Waals surface area contributed by atoms with Gasteiger partial charge in [0.05, 0.1) is 4.90 Å². The Morgan fingerprint density at radius 1 is 0.947 bits per heavy atom. The summed E-state index contributed by atoms with van der Waals surface area (Å²) in [6.45, 7) is 0. The fourth-order valence-corrected chi connectivity index (χ4v) is 5.03. The normalized spacial score (nSPS) is 13.5. The Bertz CT molecular complexity index is 675. The fraction of sp³-hybridized carbons (Fsp3) is 0.250. The molecule has 0 N–H and O–H groups in total. The highest BCUT2D eigenvalue weighted by Crippen LogP contribution is 2.29. The molecular formula is C8H5Cl2F3O4S2. The maximum Gasteiger partial charge on any atom is 0.498 e. The van der Waals surface area contributed by atoms with E-state index >= 15 is 0 Å². The van der Waals surface area contributed by atoms with E-state index in [1.165, 1.54) is 0 Å². The van der Waals surface area contributed by atoms with Crippen molar-refractivity contribution in [3.63, 3.8) is 0 Å². The van der Waals surface area contributed by atoms with Gasteiger partial charge in [-0.3, -0.25) is 0 Å². The van der Waals surface area contributed by atoms with Crippen LogP contribution in [0, 0.1) is 0 Å². The van der Waals surface area contributed by atoms with Crippen LogP contribution < -0.4 is 0 Å². The molecule has 4 nitrogen and oxygen atoms in total. The second kappa shape index (κ2) is 5.12. The first-order valence-corrected chi connectivity index (χ1v) is 8.39.